The Labute approximate surface area is 118 Å². The molecule has 2 aromatic rings. The first-order chi connectivity index (χ1) is 9.68. The lowest BCUT2D eigenvalue weighted by Gasteiger charge is -2.25. The van der Waals surface area contributed by atoms with Crippen molar-refractivity contribution in [2.75, 3.05) is 6.54 Å². The lowest BCUT2D eigenvalue weighted by atomic mass is 9.85. The van der Waals surface area contributed by atoms with Crippen LogP contribution in [-0.4, -0.2) is 23.8 Å². The molecule has 0 aliphatic rings. The zero-order chi connectivity index (χ0) is 14.4. The van der Waals surface area contributed by atoms with Crippen LogP contribution < -0.4 is 11.1 Å². The molecule has 0 heterocycles. The van der Waals surface area contributed by atoms with Gasteiger partial charge in [0.1, 0.15) is 0 Å². The summed E-state index contributed by atoms with van der Waals surface area (Å²) in [4.78, 5) is 10.6. The van der Waals surface area contributed by atoms with Gasteiger partial charge in [0, 0.05) is 18.5 Å². The van der Waals surface area contributed by atoms with Gasteiger partial charge in [0.2, 0.25) is 0 Å². The van der Waals surface area contributed by atoms with Crippen molar-refractivity contribution in [3.63, 3.8) is 0 Å². The standard InChI is InChI=1S/C16H18N2O2/c17-14(11-18-16(19)20)15(12-7-3-1-4-8-12)13-9-5-2-6-10-13/h1-10,14-15,18H,11,17H2,(H,19,20)/t14-/m1/s1. The third-order valence-electron chi connectivity index (χ3n) is 3.23. The van der Waals surface area contributed by atoms with Gasteiger partial charge in [-0.2, -0.15) is 0 Å². The normalized spacial score (nSPS) is 12.1. The van der Waals surface area contributed by atoms with E-state index in [0.29, 0.717) is 0 Å². The van der Waals surface area contributed by atoms with Gasteiger partial charge in [-0.15, -0.1) is 0 Å². The fourth-order valence-electron chi connectivity index (χ4n) is 2.33. The number of nitrogens with two attached hydrogens (primary N) is 1. The van der Waals surface area contributed by atoms with Gasteiger partial charge in [-0.1, -0.05) is 60.7 Å². The molecule has 0 bridgehead atoms. The second kappa shape index (κ2) is 6.73. The van der Waals surface area contributed by atoms with Crippen LogP contribution in [0.25, 0.3) is 0 Å². The van der Waals surface area contributed by atoms with Crippen molar-refractivity contribution in [1.82, 2.24) is 5.32 Å². The molecule has 4 heteroatoms. The van der Waals surface area contributed by atoms with E-state index in [0.717, 1.165) is 11.1 Å². The summed E-state index contributed by atoms with van der Waals surface area (Å²) in [6, 6.07) is 19.5. The first kappa shape index (κ1) is 14.1. The van der Waals surface area contributed by atoms with Crippen LogP contribution in [-0.2, 0) is 0 Å². The minimum atomic E-state index is -1.06. The van der Waals surface area contributed by atoms with Crippen molar-refractivity contribution in [3.05, 3.63) is 71.8 Å². The van der Waals surface area contributed by atoms with Crippen molar-refractivity contribution in [1.29, 1.82) is 0 Å². The largest absolute Gasteiger partial charge is 0.465 e. The predicted octanol–water partition coefficient (Wildman–Crippen LogP) is 2.41. The molecule has 1 amide bonds. The van der Waals surface area contributed by atoms with Crippen LogP contribution in [0.15, 0.2) is 60.7 Å². The van der Waals surface area contributed by atoms with E-state index in [-0.39, 0.29) is 18.5 Å². The van der Waals surface area contributed by atoms with Gasteiger partial charge in [0.25, 0.3) is 0 Å². The van der Waals surface area contributed by atoms with E-state index in [9.17, 15) is 4.79 Å². The molecule has 20 heavy (non-hydrogen) atoms. The molecule has 0 saturated heterocycles. The number of nitrogens with one attached hydrogen (secondary N) is 1. The number of amides is 1. The number of hydrogen-bond acceptors (Lipinski definition) is 2. The Kier molecular flexibility index (Phi) is 4.74. The Morgan fingerprint density at radius 1 is 1.00 bits per heavy atom. The molecule has 2 rings (SSSR count). The zero-order valence-electron chi connectivity index (χ0n) is 11.1. The summed E-state index contributed by atoms with van der Waals surface area (Å²) in [5.74, 6) is -0.0377. The maximum absolute atomic E-state index is 10.6. The Morgan fingerprint density at radius 3 is 1.85 bits per heavy atom. The summed E-state index contributed by atoms with van der Waals surface area (Å²) in [5.41, 5.74) is 8.37. The molecule has 1 atom stereocenters. The summed E-state index contributed by atoms with van der Waals surface area (Å²) in [5, 5.41) is 11.1. The maximum atomic E-state index is 10.6. The molecule has 0 spiro atoms. The van der Waals surface area contributed by atoms with Crippen LogP contribution in [0.1, 0.15) is 17.0 Å². The van der Waals surface area contributed by atoms with Crippen molar-refractivity contribution in [2.45, 2.75) is 12.0 Å². The van der Waals surface area contributed by atoms with E-state index in [1.807, 2.05) is 60.7 Å². The van der Waals surface area contributed by atoms with E-state index in [1.54, 1.807) is 0 Å². The fraction of sp³-hybridized carbons (Fsp3) is 0.188. The smallest absolute Gasteiger partial charge is 0.404 e. The minimum Gasteiger partial charge on any atom is -0.465 e. The Bertz CT molecular complexity index is 503. The molecule has 0 aliphatic heterocycles. The molecule has 0 unspecified atom stereocenters. The molecule has 4 N–H and O–H groups in total. The third kappa shape index (κ3) is 3.59. The second-order valence-corrected chi connectivity index (χ2v) is 4.65. The number of carboxylic acid groups (broad SMARTS) is 1. The van der Waals surface area contributed by atoms with Crippen molar-refractivity contribution in [3.8, 4) is 0 Å². The average molecular weight is 270 g/mol. The molecule has 0 aliphatic carbocycles. The molecular formula is C16H18N2O2. The summed E-state index contributed by atoms with van der Waals surface area (Å²) < 4.78 is 0. The van der Waals surface area contributed by atoms with E-state index in [2.05, 4.69) is 5.32 Å². The first-order valence-corrected chi connectivity index (χ1v) is 6.50. The molecule has 4 nitrogen and oxygen atoms in total. The number of benzene rings is 2. The zero-order valence-corrected chi connectivity index (χ0v) is 11.1. The van der Waals surface area contributed by atoms with Gasteiger partial charge in [0.05, 0.1) is 0 Å². The van der Waals surface area contributed by atoms with Gasteiger partial charge in [-0.25, -0.2) is 4.79 Å². The molecular weight excluding hydrogens is 252 g/mol. The molecule has 0 saturated carbocycles. The van der Waals surface area contributed by atoms with E-state index in [1.165, 1.54) is 0 Å². The summed E-state index contributed by atoms with van der Waals surface area (Å²) in [6.45, 7) is 0.212. The number of hydrogen-bond donors (Lipinski definition) is 3. The maximum Gasteiger partial charge on any atom is 0.404 e. The Morgan fingerprint density at radius 2 is 1.45 bits per heavy atom. The monoisotopic (exact) mass is 270 g/mol. The Balaban J connectivity index is 2.27. The highest BCUT2D eigenvalue weighted by atomic mass is 16.4. The van der Waals surface area contributed by atoms with Gasteiger partial charge in [-0.05, 0) is 11.1 Å². The van der Waals surface area contributed by atoms with Crippen molar-refractivity contribution < 1.29 is 9.90 Å². The van der Waals surface area contributed by atoms with E-state index in [4.69, 9.17) is 10.8 Å². The third-order valence-corrected chi connectivity index (χ3v) is 3.23. The summed E-state index contributed by atoms with van der Waals surface area (Å²) in [7, 11) is 0. The van der Waals surface area contributed by atoms with E-state index < -0.39 is 6.09 Å². The highest BCUT2D eigenvalue weighted by molar-refractivity contribution is 5.64. The highest BCUT2D eigenvalue weighted by Gasteiger charge is 2.21. The molecule has 0 radical (unpaired) electrons. The summed E-state index contributed by atoms with van der Waals surface area (Å²) >= 11 is 0. The molecule has 0 aromatic heterocycles. The Hall–Kier alpha value is -2.33. The molecule has 2 aromatic carbocycles. The van der Waals surface area contributed by atoms with E-state index >= 15 is 0 Å². The second-order valence-electron chi connectivity index (χ2n) is 4.65. The predicted molar refractivity (Wildman–Crippen MR) is 78.7 cm³/mol. The van der Waals surface area contributed by atoms with Crippen LogP contribution in [0, 0.1) is 0 Å². The number of rotatable bonds is 5. The van der Waals surface area contributed by atoms with Crippen molar-refractivity contribution in [2.24, 2.45) is 5.73 Å². The number of carbonyl (C=O) groups is 1. The van der Waals surface area contributed by atoms with Crippen molar-refractivity contribution >= 4 is 6.09 Å². The van der Waals surface area contributed by atoms with Crippen LogP contribution in [0.4, 0.5) is 4.79 Å². The molecule has 104 valence electrons. The first-order valence-electron chi connectivity index (χ1n) is 6.50. The van der Waals surface area contributed by atoms with Gasteiger partial charge in [0.15, 0.2) is 0 Å². The van der Waals surface area contributed by atoms with Gasteiger partial charge in [-0.3, -0.25) is 0 Å². The van der Waals surface area contributed by atoms with Gasteiger partial charge >= 0.3 is 6.09 Å². The SMILES string of the molecule is N[C@H](CNC(=O)O)C(c1ccccc1)c1ccccc1. The quantitative estimate of drug-likeness (QED) is 0.781. The van der Waals surface area contributed by atoms with Crippen LogP contribution in [0.2, 0.25) is 0 Å². The lowest BCUT2D eigenvalue weighted by molar-refractivity contribution is 0.193. The van der Waals surface area contributed by atoms with Crippen LogP contribution in [0.5, 0.6) is 0 Å². The van der Waals surface area contributed by atoms with Gasteiger partial charge < -0.3 is 16.2 Å². The fourth-order valence-corrected chi connectivity index (χ4v) is 2.33. The minimum absolute atomic E-state index is 0.0377. The molecule has 0 fully saturated rings. The average Bonchev–Trinajstić information content (AvgIpc) is 2.48. The van der Waals surface area contributed by atoms with Crippen LogP contribution >= 0.6 is 0 Å². The summed E-state index contributed by atoms with van der Waals surface area (Å²) in [6.07, 6.45) is -1.06. The highest BCUT2D eigenvalue weighted by Crippen LogP contribution is 2.26. The lowest BCUT2D eigenvalue weighted by Crippen LogP contribution is -2.41. The van der Waals surface area contributed by atoms with Crippen LogP contribution in [0.3, 0.4) is 0 Å². The topological polar surface area (TPSA) is 75.3 Å².